The molecule has 2 aromatic carbocycles. The lowest BCUT2D eigenvalue weighted by Crippen LogP contribution is -2.39. The van der Waals surface area contributed by atoms with Crippen LogP contribution in [0, 0.1) is 5.82 Å². The number of anilines is 1. The van der Waals surface area contributed by atoms with E-state index in [1.807, 2.05) is 19.0 Å². The number of amides is 1. The molecule has 0 aliphatic heterocycles. The first-order valence-corrected chi connectivity index (χ1v) is 9.52. The molecule has 0 atom stereocenters. The summed E-state index contributed by atoms with van der Waals surface area (Å²) in [7, 11) is 3.84. The highest BCUT2D eigenvalue weighted by Crippen LogP contribution is 2.30. The van der Waals surface area contributed by atoms with E-state index < -0.39 is 5.82 Å². The first-order chi connectivity index (χ1) is 12.9. The smallest absolute Gasteiger partial charge is 0.266 e. The Morgan fingerprint density at radius 3 is 2.59 bits per heavy atom. The highest BCUT2D eigenvalue weighted by atomic mass is 35.5. The largest absolute Gasteiger partial charge is 0.484 e. The third kappa shape index (κ3) is 4.94. The summed E-state index contributed by atoms with van der Waals surface area (Å²) in [5, 5.41) is 1.06. The Balaban J connectivity index is 1.79. The van der Waals surface area contributed by atoms with Gasteiger partial charge in [-0.1, -0.05) is 29.0 Å². The van der Waals surface area contributed by atoms with Crippen LogP contribution in [0.1, 0.15) is 0 Å². The molecule has 0 unspecified atom stereocenters. The first kappa shape index (κ1) is 19.5. The van der Waals surface area contributed by atoms with Crippen molar-refractivity contribution in [3.8, 4) is 5.75 Å². The van der Waals surface area contributed by atoms with Crippen molar-refractivity contribution < 1.29 is 13.9 Å². The van der Waals surface area contributed by atoms with E-state index >= 15 is 0 Å². The number of carbonyl (C=O) groups excluding carboxylic acids is 1. The number of rotatable bonds is 7. The number of aromatic nitrogens is 1. The molecular formula is C19H19ClFN3O2S. The Labute approximate surface area is 165 Å². The minimum Gasteiger partial charge on any atom is -0.484 e. The van der Waals surface area contributed by atoms with Gasteiger partial charge >= 0.3 is 0 Å². The predicted molar refractivity (Wildman–Crippen MR) is 107 cm³/mol. The van der Waals surface area contributed by atoms with E-state index in [0.717, 1.165) is 0 Å². The molecule has 1 amide bonds. The quantitative estimate of drug-likeness (QED) is 0.592. The Morgan fingerprint density at radius 1 is 1.19 bits per heavy atom. The van der Waals surface area contributed by atoms with Crippen molar-refractivity contribution in [3.63, 3.8) is 0 Å². The van der Waals surface area contributed by atoms with Crippen molar-refractivity contribution in [2.24, 2.45) is 0 Å². The summed E-state index contributed by atoms with van der Waals surface area (Å²) in [4.78, 5) is 20.6. The molecule has 0 spiro atoms. The molecule has 142 valence electrons. The number of ether oxygens (including phenoxy) is 1. The molecule has 5 nitrogen and oxygen atoms in total. The van der Waals surface area contributed by atoms with E-state index in [4.69, 9.17) is 16.3 Å². The molecule has 0 bridgehead atoms. The van der Waals surface area contributed by atoms with Gasteiger partial charge in [-0.05, 0) is 50.5 Å². The van der Waals surface area contributed by atoms with Crippen LogP contribution < -0.4 is 9.64 Å². The Hall–Kier alpha value is -2.22. The van der Waals surface area contributed by atoms with E-state index in [1.54, 1.807) is 41.3 Å². The summed E-state index contributed by atoms with van der Waals surface area (Å²) in [6.45, 7) is 0.926. The normalized spacial score (nSPS) is 11.1. The lowest BCUT2D eigenvalue weighted by molar-refractivity contribution is -0.120. The molecule has 0 aliphatic carbocycles. The third-order valence-electron chi connectivity index (χ3n) is 3.84. The zero-order valence-corrected chi connectivity index (χ0v) is 16.6. The average molecular weight is 408 g/mol. The van der Waals surface area contributed by atoms with Gasteiger partial charge in [-0.3, -0.25) is 9.69 Å². The maximum absolute atomic E-state index is 14.0. The van der Waals surface area contributed by atoms with Crippen molar-refractivity contribution in [2.45, 2.75) is 0 Å². The van der Waals surface area contributed by atoms with Gasteiger partial charge in [0.15, 0.2) is 11.7 Å². The average Bonchev–Trinajstić information content (AvgIpc) is 3.06. The third-order valence-corrected chi connectivity index (χ3v) is 5.13. The fourth-order valence-corrected chi connectivity index (χ4v) is 3.55. The van der Waals surface area contributed by atoms with Gasteiger partial charge in [0.25, 0.3) is 5.91 Å². The van der Waals surface area contributed by atoms with Gasteiger partial charge in [0.2, 0.25) is 0 Å². The van der Waals surface area contributed by atoms with E-state index in [0.29, 0.717) is 33.7 Å². The van der Waals surface area contributed by atoms with Crippen LogP contribution in [0.15, 0.2) is 42.5 Å². The van der Waals surface area contributed by atoms with Crippen LogP contribution in [0.5, 0.6) is 5.75 Å². The Bertz CT molecular complexity index is 930. The number of halogens is 2. The number of hydrogen-bond acceptors (Lipinski definition) is 5. The molecular weight excluding hydrogens is 389 g/mol. The minimum absolute atomic E-state index is 0.145. The molecule has 1 aromatic heterocycles. The zero-order valence-electron chi connectivity index (χ0n) is 15.0. The molecule has 0 aliphatic rings. The summed E-state index contributed by atoms with van der Waals surface area (Å²) in [5.41, 5.74) is 0.277. The molecule has 0 fully saturated rings. The van der Waals surface area contributed by atoms with E-state index in [9.17, 15) is 9.18 Å². The van der Waals surface area contributed by atoms with Crippen LogP contribution >= 0.6 is 22.9 Å². The number of thiazole rings is 1. The van der Waals surface area contributed by atoms with Crippen molar-refractivity contribution in [1.82, 2.24) is 9.88 Å². The monoisotopic (exact) mass is 407 g/mol. The van der Waals surface area contributed by atoms with Gasteiger partial charge in [-0.2, -0.15) is 0 Å². The topological polar surface area (TPSA) is 45.7 Å². The van der Waals surface area contributed by atoms with E-state index in [2.05, 4.69) is 4.98 Å². The summed E-state index contributed by atoms with van der Waals surface area (Å²) in [6, 6.07) is 11.6. The first-order valence-electron chi connectivity index (χ1n) is 8.32. The van der Waals surface area contributed by atoms with Crippen LogP contribution in [0.25, 0.3) is 10.2 Å². The van der Waals surface area contributed by atoms with Crippen LogP contribution in [0.3, 0.4) is 0 Å². The molecule has 3 rings (SSSR count). The zero-order chi connectivity index (χ0) is 19.4. The van der Waals surface area contributed by atoms with Gasteiger partial charge in [-0.15, -0.1) is 0 Å². The van der Waals surface area contributed by atoms with Crippen LogP contribution in [0.2, 0.25) is 5.02 Å². The molecule has 0 radical (unpaired) electrons. The van der Waals surface area contributed by atoms with Crippen molar-refractivity contribution in [1.29, 1.82) is 0 Å². The van der Waals surface area contributed by atoms with Crippen molar-refractivity contribution >= 4 is 44.2 Å². The Morgan fingerprint density at radius 2 is 1.93 bits per heavy atom. The second kappa shape index (κ2) is 8.65. The number of carbonyl (C=O) groups is 1. The number of nitrogens with zero attached hydrogens (tertiary/aromatic N) is 3. The summed E-state index contributed by atoms with van der Waals surface area (Å²) in [5.74, 6) is -0.0886. The van der Waals surface area contributed by atoms with E-state index in [1.165, 1.54) is 17.4 Å². The molecule has 27 heavy (non-hydrogen) atoms. The maximum atomic E-state index is 14.0. The number of fused-ring (bicyclic) bond motifs is 1. The van der Waals surface area contributed by atoms with Gasteiger partial charge in [0.1, 0.15) is 17.1 Å². The molecule has 0 saturated heterocycles. The highest BCUT2D eigenvalue weighted by Gasteiger charge is 2.21. The summed E-state index contributed by atoms with van der Waals surface area (Å²) in [6.07, 6.45) is 0. The van der Waals surface area contributed by atoms with Gasteiger partial charge < -0.3 is 9.64 Å². The fraction of sp³-hybridized carbons (Fsp3) is 0.263. The van der Waals surface area contributed by atoms with Crippen molar-refractivity contribution in [3.05, 3.63) is 53.3 Å². The molecule has 8 heteroatoms. The second-order valence-electron chi connectivity index (χ2n) is 6.17. The van der Waals surface area contributed by atoms with Crippen LogP contribution in [0.4, 0.5) is 9.52 Å². The Kier molecular flexibility index (Phi) is 6.26. The number of hydrogen-bond donors (Lipinski definition) is 0. The van der Waals surface area contributed by atoms with E-state index in [-0.39, 0.29) is 18.0 Å². The van der Waals surface area contributed by atoms with Gasteiger partial charge in [0.05, 0.1) is 4.70 Å². The SMILES string of the molecule is CN(C)CCN(C(=O)COc1ccc(Cl)cc1)c1nc2c(F)cccc2s1. The van der Waals surface area contributed by atoms with Crippen molar-refractivity contribution in [2.75, 3.05) is 38.7 Å². The molecule has 0 N–H and O–H groups in total. The lowest BCUT2D eigenvalue weighted by Gasteiger charge is -2.22. The number of para-hydroxylation sites is 1. The lowest BCUT2D eigenvalue weighted by atomic mass is 10.3. The number of benzene rings is 2. The molecule has 3 aromatic rings. The summed E-state index contributed by atoms with van der Waals surface area (Å²) >= 11 is 7.14. The number of likely N-dealkylation sites (N-methyl/N-ethyl adjacent to an activating group) is 1. The second-order valence-corrected chi connectivity index (χ2v) is 7.62. The molecule has 0 saturated carbocycles. The van der Waals surface area contributed by atoms with Gasteiger partial charge in [-0.25, -0.2) is 9.37 Å². The van der Waals surface area contributed by atoms with Crippen LogP contribution in [-0.2, 0) is 4.79 Å². The minimum atomic E-state index is -0.396. The highest BCUT2D eigenvalue weighted by molar-refractivity contribution is 7.22. The predicted octanol–water partition coefficient (Wildman–Crippen LogP) is 4.06. The standard InChI is InChI=1S/C19H19ClFN3O2S/c1-23(2)10-11-24(17(25)12-26-14-8-6-13(20)7-9-14)19-22-18-15(21)4-3-5-16(18)27-19/h3-9H,10-12H2,1-2H3. The summed E-state index contributed by atoms with van der Waals surface area (Å²) < 4.78 is 20.2. The molecule has 1 heterocycles. The van der Waals surface area contributed by atoms with Gasteiger partial charge in [0, 0.05) is 18.1 Å². The maximum Gasteiger partial charge on any atom is 0.266 e. The fourth-order valence-electron chi connectivity index (χ4n) is 2.40. The van der Waals surface area contributed by atoms with Crippen LogP contribution in [-0.4, -0.2) is 49.6 Å².